The fourth-order valence-electron chi connectivity index (χ4n) is 3.80. The summed E-state index contributed by atoms with van der Waals surface area (Å²) in [5, 5.41) is 10.8. The highest BCUT2D eigenvalue weighted by Crippen LogP contribution is 2.43. The first kappa shape index (κ1) is 21.0. The molecular weight excluding hydrogens is 383 g/mol. The maximum atomic E-state index is 13.7. The summed E-state index contributed by atoms with van der Waals surface area (Å²) in [6.45, 7) is 1.46. The van der Waals surface area contributed by atoms with Crippen molar-refractivity contribution in [1.82, 2.24) is 4.90 Å². The van der Waals surface area contributed by atoms with Gasteiger partial charge in [0.15, 0.2) is 0 Å². The van der Waals surface area contributed by atoms with Crippen molar-refractivity contribution < 1.29 is 27.9 Å². The van der Waals surface area contributed by atoms with E-state index in [1.807, 2.05) is 0 Å². The van der Waals surface area contributed by atoms with Crippen molar-refractivity contribution in [2.45, 2.75) is 38.1 Å². The van der Waals surface area contributed by atoms with E-state index in [0.717, 1.165) is 4.90 Å². The Bertz CT molecular complexity index is 855. The van der Waals surface area contributed by atoms with Gasteiger partial charge in [0.25, 0.3) is 0 Å². The van der Waals surface area contributed by atoms with Gasteiger partial charge in [0.1, 0.15) is 0 Å². The van der Waals surface area contributed by atoms with Crippen molar-refractivity contribution in [2.24, 2.45) is 11.8 Å². The Morgan fingerprint density at radius 3 is 2.14 bits per heavy atom. The van der Waals surface area contributed by atoms with Gasteiger partial charge in [0.2, 0.25) is 11.8 Å². The zero-order chi connectivity index (χ0) is 21.2. The molecular formula is C22H22F3NO3. The van der Waals surface area contributed by atoms with Gasteiger partial charge in [-0.05, 0) is 11.1 Å². The van der Waals surface area contributed by atoms with E-state index in [-0.39, 0.29) is 6.54 Å². The molecule has 2 aromatic carbocycles. The molecule has 2 aromatic rings. The minimum absolute atomic E-state index is 0.119. The third-order valence-electron chi connectivity index (χ3n) is 5.49. The first-order valence-corrected chi connectivity index (χ1v) is 9.38. The van der Waals surface area contributed by atoms with Crippen LogP contribution in [0.1, 0.15) is 30.4 Å². The van der Waals surface area contributed by atoms with Crippen LogP contribution in [0.25, 0.3) is 0 Å². The maximum Gasteiger partial charge on any atom is 0.393 e. The molecule has 2 amide bonds. The number of nitrogens with zero attached hydrogens (tertiary/aromatic N) is 1. The molecule has 0 bridgehead atoms. The second kappa shape index (κ2) is 8.37. The first-order valence-electron chi connectivity index (χ1n) is 9.38. The predicted molar refractivity (Wildman–Crippen MR) is 101 cm³/mol. The van der Waals surface area contributed by atoms with E-state index in [2.05, 4.69) is 0 Å². The van der Waals surface area contributed by atoms with Crippen molar-refractivity contribution in [3.63, 3.8) is 0 Å². The van der Waals surface area contributed by atoms with Gasteiger partial charge in [-0.25, -0.2) is 0 Å². The van der Waals surface area contributed by atoms with E-state index < -0.39 is 48.3 Å². The minimum atomic E-state index is -4.77. The Morgan fingerprint density at radius 2 is 1.59 bits per heavy atom. The number of aliphatic hydroxyl groups excluding tert-OH is 1. The van der Waals surface area contributed by atoms with Crippen LogP contribution in [0.2, 0.25) is 0 Å². The molecule has 154 valence electrons. The third-order valence-corrected chi connectivity index (χ3v) is 5.49. The molecule has 1 fully saturated rings. The number of hydrogen-bond donors (Lipinski definition) is 1. The molecule has 0 aromatic heterocycles. The molecule has 1 saturated heterocycles. The molecule has 4 atom stereocenters. The molecule has 3 rings (SSSR count). The van der Waals surface area contributed by atoms with Crippen LogP contribution in [0.3, 0.4) is 0 Å². The lowest BCUT2D eigenvalue weighted by molar-refractivity contribution is -0.215. The first-order chi connectivity index (χ1) is 13.7. The van der Waals surface area contributed by atoms with Gasteiger partial charge in [-0.15, -0.1) is 0 Å². The zero-order valence-corrected chi connectivity index (χ0v) is 15.8. The van der Waals surface area contributed by atoms with E-state index in [9.17, 15) is 27.9 Å². The lowest BCUT2D eigenvalue weighted by Crippen LogP contribution is -2.56. The predicted octanol–water partition coefficient (Wildman–Crippen LogP) is 3.90. The number of halogens is 3. The zero-order valence-electron chi connectivity index (χ0n) is 15.8. The van der Waals surface area contributed by atoms with Crippen LogP contribution >= 0.6 is 0 Å². The molecule has 1 N–H and O–H groups in total. The van der Waals surface area contributed by atoms with Crippen LogP contribution in [-0.2, 0) is 16.1 Å². The Kier molecular flexibility index (Phi) is 6.07. The summed E-state index contributed by atoms with van der Waals surface area (Å²) in [6.07, 6.45) is -7.21. The fourth-order valence-corrected chi connectivity index (χ4v) is 3.80. The highest BCUT2D eigenvalue weighted by Gasteiger charge is 2.56. The molecule has 29 heavy (non-hydrogen) atoms. The Labute approximate surface area is 167 Å². The van der Waals surface area contributed by atoms with Crippen molar-refractivity contribution in [3.05, 3.63) is 71.8 Å². The van der Waals surface area contributed by atoms with Gasteiger partial charge < -0.3 is 5.11 Å². The number of alkyl halides is 3. The second-order valence-corrected chi connectivity index (χ2v) is 7.37. The number of carbonyl (C=O) groups excluding carboxylic acids is 2. The summed E-state index contributed by atoms with van der Waals surface area (Å²) in [5.74, 6) is -6.52. The molecule has 0 unspecified atom stereocenters. The van der Waals surface area contributed by atoms with Gasteiger partial charge in [-0.3, -0.25) is 14.5 Å². The van der Waals surface area contributed by atoms with E-state index >= 15 is 0 Å². The Hall–Kier alpha value is -2.67. The molecule has 0 aliphatic carbocycles. The number of likely N-dealkylation sites (tertiary alicyclic amines) is 1. The van der Waals surface area contributed by atoms with E-state index in [1.165, 1.54) is 0 Å². The van der Waals surface area contributed by atoms with Crippen LogP contribution in [0.5, 0.6) is 0 Å². The summed E-state index contributed by atoms with van der Waals surface area (Å²) >= 11 is 0. The average Bonchev–Trinajstić information content (AvgIpc) is 2.70. The van der Waals surface area contributed by atoms with Crippen LogP contribution < -0.4 is 0 Å². The van der Waals surface area contributed by atoms with E-state index in [0.29, 0.717) is 11.1 Å². The van der Waals surface area contributed by atoms with Gasteiger partial charge in [0, 0.05) is 12.3 Å². The van der Waals surface area contributed by atoms with Crippen LogP contribution in [0.15, 0.2) is 60.7 Å². The smallest absolute Gasteiger partial charge is 0.392 e. The Balaban J connectivity index is 1.93. The lowest BCUT2D eigenvalue weighted by Gasteiger charge is -2.40. The highest BCUT2D eigenvalue weighted by atomic mass is 19.4. The molecule has 0 radical (unpaired) electrons. The highest BCUT2D eigenvalue weighted by molar-refractivity contribution is 5.99. The molecule has 7 heteroatoms. The number of carbonyl (C=O) groups is 2. The third kappa shape index (κ3) is 4.50. The van der Waals surface area contributed by atoms with Gasteiger partial charge in [0.05, 0.1) is 24.5 Å². The maximum absolute atomic E-state index is 13.7. The number of hydrogen-bond acceptors (Lipinski definition) is 3. The standard InChI is InChI=1S/C22H22F3NO3/c1-14(16-10-6-3-7-11-16)20(28)19-17(22(23,24)25)12-18(27)26(21(19)29)13-15-8-4-2-5-9-15/h2-11,14,17,19-20,28H,12-13H2,1H3/t14-,17+,19+,20+/m0/s1. The molecule has 4 nitrogen and oxygen atoms in total. The number of amides is 2. The number of piperidine rings is 1. The topological polar surface area (TPSA) is 57.6 Å². The molecule has 1 aliphatic rings. The Morgan fingerprint density at radius 1 is 1.03 bits per heavy atom. The summed E-state index contributed by atoms with van der Waals surface area (Å²) in [6, 6.07) is 17.1. The largest absolute Gasteiger partial charge is 0.393 e. The number of rotatable bonds is 5. The second-order valence-electron chi connectivity index (χ2n) is 7.37. The van der Waals surface area contributed by atoms with Gasteiger partial charge in [-0.1, -0.05) is 67.6 Å². The molecule has 1 aliphatic heterocycles. The molecule has 1 heterocycles. The van der Waals surface area contributed by atoms with E-state index in [4.69, 9.17) is 0 Å². The summed E-state index contributed by atoms with van der Waals surface area (Å²) in [5.41, 5.74) is 1.25. The van der Waals surface area contributed by atoms with Crippen LogP contribution in [0.4, 0.5) is 13.2 Å². The SMILES string of the molecule is C[C@@H](c1ccccc1)[C@@H](O)[C@@H]1C(=O)N(Cc2ccccc2)C(=O)C[C@H]1C(F)(F)F. The van der Waals surface area contributed by atoms with Crippen LogP contribution in [-0.4, -0.2) is 34.1 Å². The number of imide groups is 1. The molecule has 0 saturated carbocycles. The van der Waals surface area contributed by atoms with Gasteiger partial charge in [-0.2, -0.15) is 13.2 Å². The lowest BCUT2D eigenvalue weighted by atomic mass is 9.75. The van der Waals surface area contributed by atoms with Crippen molar-refractivity contribution in [3.8, 4) is 0 Å². The van der Waals surface area contributed by atoms with Crippen molar-refractivity contribution >= 4 is 11.8 Å². The minimum Gasteiger partial charge on any atom is -0.392 e. The normalized spacial score (nSPS) is 22.4. The summed E-state index contributed by atoms with van der Waals surface area (Å²) in [4.78, 5) is 26.3. The number of aliphatic hydroxyl groups is 1. The van der Waals surface area contributed by atoms with Crippen molar-refractivity contribution in [1.29, 1.82) is 0 Å². The molecule has 0 spiro atoms. The monoisotopic (exact) mass is 405 g/mol. The quantitative estimate of drug-likeness (QED) is 0.768. The van der Waals surface area contributed by atoms with E-state index in [1.54, 1.807) is 67.6 Å². The average molecular weight is 405 g/mol. The van der Waals surface area contributed by atoms with Crippen LogP contribution in [0, 0.1) is 11.8 Å². The number of benzene rings is 2. The fraction of sp³-hybridized carbons (Fsp3) is 0.364. The van der Waals surface area contributed by atoms with Gasteiger partial charge >= 0.3 is 6.18 Å². The summed E-state index contributed by atoms with van der Waals surface area (Å²) < 4.78 is 41.1. The summed E-state index contributed by atoms with van der Waals surface area (Å²) in [7, 11) is 0. The van der Waals surface area contributed by atoms with Crippen molar-refractivity contribution in [2.75, 3.05) is 0 Å².